The Kier molecular flexibility index (Phi) is 6.53. The highest BCUT2D eigenvalue weighted by Gasteiger charge is 2.32. The number of aryl methyl sites for hydroxylation is 1. The Labute approximate surface area is 206 Å². The molecule has 8 heteroatoms. The van der Waals surface area contributed by atoms with Crippen LogP contribution in [-0.4, -0.2) is 20.7 Å². The third kappa shape index (κ3) is 5.16. The van der Waals surface area contributed by atoms with Crippen LogP contribution in [-0.2, 0) is 11.2 Å². The largest absolute Gasteiger partial charge is 0.325 e. The molecule has 2 aromatic heterocycles. The van der Waals surface area contributed by atoms with Crippen molar-refractivity contribution in [3.63, 3.8) is 0 Å². The molecule has 1 saturated carbocycles. The quantitative estimate of drug-likeness (QED) is 0.277. The Morgan fingerprint density at radius 1 is 1.18 bits per heavy atom. The van der Waals surface area contributed by atoms with Crippen molar-refractivity contribution >= 4 is 46.3 Å². The Hall–Kier alpha value is -2.61. The molecule has 0 aliphatic heterocycles. The molecule has 1 fully saturated rings. The maximum absolute atomic E-state index is 13.4. The van der Waals surface area contributed by atoms with Gasteiger partial charge in [-0.3, -0.25) is 4.79 Å². The van der Waals surface area contributed by atoms with E-state index >= 15 is 0 Å². The molecule has 168 valence electrons. The summed E-state index contributed by atoms with van der Waals surface area (Å²) in [5.74, 6) is 0.844. The van der Waals surface area contributed by atoms with E-state index in [-0.39, 0.29) is 5.91 Å². The van der Waals surface area contributed by atoms with Crippen LogP contribution in [0.3, 0.4) is 0 Å². The summed E-state index contributed by atoms with van der Waals surface area (Å²) in [4.78, 5) is 14.7. The molecule has 1 amide bonds. The van der Waals surface area contributed by atoms with Gasteiger partial charge in [-0.2, -0.15) is 0 Å². The maximum Gasteiger partial charge on any atom is 0.242 e. The molecule has 0 saturated heterocycles. The highest BCUT2D eigenvalue weighted by Crippen LogP contribution is 2.43. The van der Waals surface area contributed by atoms with E-state index in [1.165, 1.54) is 16.6 Å². The normalized spacial score (nSPS) is 14.2. The maximum atomic E-state index is 13.4. The van der Waals surface area contributed by atoms with Gasteiger partial charge in [0.25, 0.3) is 0 Å². The molecular weight excluding hydrogens is 472 g/mol. The molecule has 33 heavy (non-hydrogen) atoms. The van der Waals surface area contributed by atoms with E-state index in [0.717, 1.165) is 41.4 Å². The fourth-order valence-corrected chi connectivity index (χ4v) is 5.67. The molecule has 1 atom stereocenters. The number of aromatic nitrogens is 3. The first-order chi connectivity index (χ1) is 16.1. The van der Waals surface area contributed by atoms with Crippen molar-refractivity contribution in [3.8, 4) is 0 Å². The van der Waals surface area contributed by atoms with Crippen molar-refractivity contribution in [1.82, 2.24) is 14.8 Å². The zero-order valence-electron chi connectivity index (χ0n) is 18.1. The molecule has 1 aliphatic rings. The number of benzene rings is 2. The second-order valence-electron chi connectivity index (χ2n) is 8.12. The second kappa shape index (κ2) is 9.71. The van der Waals surface area contributed by atoms with Crippen LogP contribution in [0, 0.1) is 6.92 Å². The fourth-order valence-electron chi connectivity index (χ4n) is 3.66. The first-order valence-electron chi connectivity index (χ1n) is 10.8. The average molecular weight is 495 g/mol. The van der Waals surface area contributed by atoms with Gasteiger partial charge in [-0.15, -0.1) is 21.5 Å². The van der Waals surface area contributed by atoms with Gasteiger partial charge in [-0.1, -0.05) is 65.8 Å². The first kappa shape index (κ1) is 22.2. The molecule has 0 radical (unpaired) electrons. The zero-order valence-corrected chi connectivity index (χ0v) is 20.5. The van der Waals surface area contributed by atoms with E-state index in [1.54, 1.807) is 17.4 Å². The average Bonchev–Trinajstić information content (AvgIpc) is 3.37. The van der Waals surface area contributed by atoms with E-state index in [0.29, 0.717) is 16.8 Å². The predicted octanol–water partition coefficient (Wildman–Crippen LogP) is 6.70. The van der Waals surface area contributed by atoms with Crippen molar-refractivity contribution in [2.24, 2.45) is 0 Å². The van der Waals surface area contributed by atoms with Gasteiger partial charge < -0.3 is 9.88 Å². The molecule has 1 N–H and O–H groups in total. The minimum absolute atomic E-state index is 0.115. The Balaban J connectivity index is 1.44. The van der Waals surface area contributed by atoms with E-state index in [9.17, 15) is 4.79 Å². The zero-order chi connectivity index (χ0) is 22.8. The summed E-state index contributed by atoms with van der Waals surface area (Å²) in [6.45, 7) is 1.94. The van der Waals surface area contributed by atoms with Crippen molar-refractivity contribution in [3.05, 3.63) is 92.9 Å². The molecular formula is C25H23ClN4OS2. The van der Waals surface area contributed by atoms with Crippen molar-refractivity contribution in [2.45, 2.75) is 42.6 Å². The predicted molar refractivity (Wildman–Crippen MR) is 135 cm³/mol. The third-order valence-corrected chi connectivity index (χ3v) is 8.06. The third-order valence-electron chi connectivity index (χ3n) is 5.56. The van der Waals surface area contributed by atoms with E-state index < -0.39 is 5.25 Å². The van der Waals surface area contributed by atoms with E-state index in [4.69, 9.17) is 11.6 Å². The highest BCUT2D eigenvalue weighted by atomic mass is 35.5. The summed E-state index contributed by atoms with van der Waals surface area (Å²) in [5.41, 5.74) is 2.57. The summed E-state index contributed by atoms with van der Waals surface area (Å²) in [5, 5.41) is 15.1. The number of nitrogens with zero attached hydrogens (tertiary/aromatic N) is 3. The van der Waals surface area contributed by atoms with Crippen molar-refractivity contribution in [1.29, 1.82) is 0 Å². The number of nitrogens with one attached hydrogen (secondary N) is 1. The molecule has 5 nitrogen and oxygen atoms in total. The summed E-state index contributed by atoms with van der Waals surface area (Å²) in [6, 6.07) is 20.0. The molecule has 1 aliphatic carbocycles. The topological polar surface area (TPSA) is 59.8 Å². The minimum atomic E-state index is -0.470. The lowest BCUT2D eigenvalue weighted by molar-refractivity contribution is -0.115. The first-order valence-corrected chi connectivity index (χ1v) is 13.0. The van der Waals surface area contributed by atoms with Crippen LogP contribution in [0.1, 0.15) is 46.0 Å². The number of thiophene rings is 1. The Bertz CT molecular complexity index is 1250. The van der Waals surface area contributed by atoms with Gasteiger partial charge in [0.15, 0.2) is 5.16 Å². The van der Waals surface area contributed by atoms with Crippen LogP contribution in [0.15, 0.2) is 71.2 Å². The molecule has 0 spiro atoms. The van der Waals surface area contributed by atoms with Gasteiger partial charge in [-0.05, 0) is 54.5 Å². The highest BCUT2D eigenvalue weighted by molar-refractivity contribution is 8.00. The lowest BCUT2D eigenvalue weighted by atomic mass is 10.1. The minimum Gasteiger partial charge on any atom is -0.325 e. The van der Waals surface area contributed by atoms with Crippen molar-refractivity contribution < 1.29 is 4.79 Å². The molecule has 2 heterocycles. The number of anilines is 1. The summed E-state index contributed by atoms with van der Waals surface area (Å²) >= 11 is 9.45. The summed E-state index contributed by atoms with van der Waals surface area (Å²) < 4.78 is 2.23. The SMILES string of the molecule is Cc1ccc(NC(=O)C(Sc2nnc(Cc3cccs3)n2C2CC2)c2ccccc2)cc1Cl. The van der Waals surface area contributed by atoms with Crippen LogP contribution in [0.25, 0.3) is 0 Å². The number of thioether (sulfide) groups is 1. The van der Waals surface area contributed by atoms with Crippen LogP contribution < -0.4 is 5.32 Å². The van der Waals surface area contributed by atoms with Gasteiger partial charge in [-0.25, -0.2) is 0 Å². The lowest BCUT2D eigenvalue weighted by Gasteiger charge is -2.18. The molecule has 5 rings (SSSR count). The van der Waals surface area contributed by atoms with Crippen LogP contribution in [0.4, 0.5) is 5.69 Å². The molecule has 4 aromatic rings. The number of rotatable bonds is 8. The van der Waals surface area contributed by atoms with Gasteiger partial charge in [0.2, 0.25) is 5.91 Å². The molecule has 0 bridgehead atoms. The number of halogens is 1. The Morgan fingerprint density at radius 3 is 2.70 bits per heavy atom. The van der Waals surface area contributed by atoms with E-state index in [2.05, 4.69) is 37.6 Å². The second-order valence-corrected chi connectivity index (χ2v) is 10.6. The summed E-state index contributed by atoms with van der Waals surface area (Å²) in [7, 11) is 0. The van der Waals surface area contributed by atoms with Crippen LogP contribution in [0.2, 0.25) is 5.02 Å². The molecule has 1 unspecified atom stereocenters. The van der Waals surface area contributed by atoms with Gasteiger partial charge >= 0.3 is 0 Å². The standard InChI is InChI=1S/C25H23ClN4OS2/c1-16-9-10-18(14-21(16)26)27-24(31)23(17-6-3-2-4-7-17)33-25-29-28-22(30(25)19-11-12-19)15-20-8-5-13-32-20/h2-10,13-14,19,23H,11-12,15H2,1H3,(H,27,31). The van der Waals surface area contributed by atoms with E-state index in [1.807, 2.05) is 49.4 Å². The van der Waals surface area contributed by atoms with Gasteiger partial charge in [0, 0.05) is 28.0 Å². The van der Waals surface area contributed by atoms with Crippen molar-refractivity contribution in [2.75, 3.05) is 5.32 Å². The molecule has 2 aromatic carbocycles. The van der Waals surface area contributed by atoms with Crippen LogP contribution >= 0.6 is 34.7 Å². The lowest BCUT2D eigenvalue weighted by Crippen LogP contribution is -2.19. The number of hydrogen-bond donors (Lipinski definition) is 1. The number of hydrogen-bond acceptors (Lipinski definition) is 5. The number of carbonyl (C=O) groups is 1. The smallest absolute Gasteiger partial charge is 0.242 e. The summed E-state index contributed by atoms with van der Waals surface area (Å²) in [6.07, 6.45) is 2.99. The monoisotopic (exact) mass is 494 g/mol. The van der Waals surface area contributed by atoms with Crippen LogP contribution in [0.5, 0.6) is 0 Å². The number of carbonyl (C=O) groups excluding carboxylic acids is 1. The van der Waals surface area contributed by atoms with Gasteiger partial charge in [0.05, 0.1) is 0 Å². The van der Waals surface area contributed by atoms with Gasteiger partial charge in [0.1, 0.15) is 11.1 Å². The number of amides is 1. The fraction of sp³-hybridized carbons (Fsp3) is 0.240. The Morgan fingerprint density at radius 2 is 2.00 bits per heavy atom.